The Morgan fingerprint density at radius 2 is 2.24 bits per heavy atom. The van der Waals surface area contributed by atoms with E-state index >= 15 is 0 Å². The molecule has 90 valence electrons. The van der Waals surface area contributed by atoms with Gasteiger partial charge in [-0.15, -0.1) is 0 Å². The molecule has 1 aromatic heterocycles. The molecule has 1 heterocycles. The van der Waals surface area contributed by atoms with Crippen LogP contribution in [-0.4, -0.2) is 9.55 Å². The Bertz CT molecular complexity index is 537. The van der Waals surface area contributed by atoms with E-state index in [9.17, 15) is 0 Å². The first-order valence-corrected chi connectivity index (χ1v) is 6.53. The summed E-state index contributed by atoms with van der Waals surface area (Å²) in [5.74, 6) is 0.841. The zero-order chi connectivity index (χ0) is 12.4. The molecule has 0 fully saturated rings. The molecular formula is C12H13BrClN3. The maximum Gasteiger partial charge on any atom is 0.207 e. The number of benzene rings is 1. The van der Waals surface area contributed by atoms with Crippen molar-refractivity contribution in [3.63, 3.8) is 0 Å². The Morgan fingerprint density at radius 3 is 2.88 bits per heavy atom. The molecule has 2 aromatic rings. The minimum absolute atomic E-state index is 0.706. The third-order valence-electron chi connectivity index (χ3n) is 2.42. The van der Waals surface area contributed by atoms with E-state index in [0.29, 0.717) is 5.02 Å². The Kier molecular flexibility index (Phi) is 3.74. The van der Waals surface area contributed by atoms with Crippen molar-refractivity contribution in [2.75, 3.05) is 5.32 Å². The summed E-state index contributed by atoms with van der Waals surface area (Å²) in [6.07, 6.45) is 2.02. The molecule has 2 rings (SSSR count). The molecule has 0 atom stereocenters. The number of halogens is 2. The van der Waals surface area contributed by atoms with Gasteiger partial charge in [-0.05, 0) is 48.0 Å². The molecule has 0 saturated heterocycles. The van der Waals surface area contributed by atoms with Crippen molar-refractivity contribution < 1.29 is 0 Å². The second-order valence-corrected chi connectivity index (χ2v) is 5.03. The van der Waals surface area contributed by atoms with Crippen molar-refractivity contribution >= 4 is 39.2 Å². The van der Waals surface area contributed by atoms with Crippen LogP contribution in [0.4, 0.5) is 11.6 Å². The molecule has 0 aliphatic heterocycles. The normalized spacial score (nSPS) is 10.6. The highest BCUT2D eigenvalue weighted by molar-refractivity contribution is 9.10. The second kappa shape index (κ2) is 5.10. The molecule has 17 heavy (non-hydrogen) atoms. The van der Waals surface area contributed by atoms with E-state index < -0.39 is 0 Å². The number of aryl methyl sites for hydroxylation is 2. The molecule has 0 saturated carbocycles. The van der Waals surface area contributed by atoms with Gasteiger partial charge in [-0.2, -0.15) is 0 Å². The first-order valence-electron chi connectivity index (χ1n) is 5.36. The monoisotopic (exact) mass is 313 g/mol. The average molecular weight is 315 g/mol. The molecule has 0 aliphatic carbocycles. The van der Waals surface area contributed by atoms with Crippen LogP contribution in [0.25, 0.3) is 0 Å². The van der Waals surface area contributed by atoms with E-state index in [1.807, 2.05) is 31.3 Å². The molecule has 0 spiro atoms. The van der Waals surface area contributed by atoms with Crippen LogP contribution in [0.3, 0.4) is 0 Å². The summed E-state index contributed by atoms with van der Waals surface area (Å²) in [6, 6.07) is 5.63. The van der Waals surface area contributed by atoms with Crippen LogP contribution in [0.2, 0.25) is 5.02 Å². The van der Waals surface area contributed by atoms with Crippen LogP contribution >= 0.6 is 27.5 Å². The summed E-state index contributed by atoms with van der Waals surface area (Å²) < 4.78 is 2.99. The molecule has 5 heteroatoms. The minimum Gasteiger partial charge on any atom is -0.325 e. The summed E-state index contributed by atoms with van der Waals surface area (Å²) >= 11 is 9.38. The van der Waals surface area contributed by atoms with E-state index in [-0.39, 0.29) is 0 Å². The van der Waals surface area contributed by atoms with Crippen molar-refractivity contribution in [1.82, 2.24) is 9.55 Å². The zero-order valence-corrected chi connectivity index (χ0v) is 12.0. The van der Waals surface area contributed by atoms with Gasteiger partial charge < -0.3 is 9.88 Å². The number of rotatable bonds is 3. The fourth-order valence-corrected chi connectivity index (χ4v) is 2.38. The van der Waals surface area contributed by atoms with E-state index in [1.165, 1.54) is 0 Å². The predicted octanol–water partition coefficient (Wildman–Crippen LogP) is 4.37. The first kappa shape index (κ1) is 12.5. The first-order chi connectivity index (χ1) is 8.10. The smallest absolute Gasteiger partial charge is 0.207 e. The third-order valence-corrected chi connectivity index (χ3v) is 3.31. The predicted molar refractivity (Wildman–Crippen MR) is 75.1 cm³/mol. The van der Waals surface area contributed by atoms with Gasteiger partial charge in [0.25, 0.3) is 0 Å². The van der Waals surface area contributed by atoms with Crippen molar-refractivity contribution in [3.05, 3.63) is 39.6 Å². The third kappa shape index (κ3) is 2.82. The number of hydrogen-bond donors (Lipinski definition) is 1. The maximum atomic E-state index is 5.90. The minimum atomic E-state index is 0.706. The van der Waals surface area contributed by atoms with Gasteiger partial charge in [-0.3, -0.25) is 0 Å². The van der Waals surface area contributed by atoms with Gasteiger partial charge in [0.15, 0.2) is 0 Å². The van der Waals surface area contributed by atoms with E-state index in [2.05, 4.69) is 37.7 Å². The molecule has 0 bridgehead atoms. The van der Waals surface area contributed by atoms with Gasteiger partial charge in [0.2, 0.25) is 5.95 Å². The zero-order valence-electron chi connectivity index (χ0n) is 9.67. The van der Waals surface area contributed by atoms with Crippen LogP contribution < -0.4 is 5.32 Å². The van der Waals surface area contributed by atoms with Crippen LogP contribution in [0, 0.1) is 6.92 Å². The van der Waals surface area contributed by atoms with Crippen LogP contribution in [-0.2, 0) is 6.54 Å². The van der Waals surface area contributed by atoms with Crippen molar-refractivity contribution in [2.45, 2.75) is 20.4 Å². The Hall–Kier alpha value is -1.000. The van der Waals surface area contributed by atoms with Crippen molar-refractivity contribution in [1.29, 1.82) is 0 Å². The Balaban J connectivity index is 2.30. The summed E-state index contributed by atoms with van der Waals surface area (Å²) in [7, 11) is 0. The van der Waals surface area contributed by atoms with Gasteiger partial charge in [0, 0.05) is 22.2 Å². The lowest BCUT2D eigenvalue weighted by atomic mass is 10.3. The van der Waals surface area contributed by atoms with Gasteiger partial charge in [-0.25, -0.2) is 4.98 Å². The number of hydrogen-bond acceptors (Lipinski definition) is 2. The lowest BCUT2D eigenvalue weighted by Crippen LogP contribution is -2.01. The fourth-order valence-electron chi connectivity index (χ4n) is 1.60. The SMILES string of the molecule is CCn1cc(C)nc1Nc1ccc(Cl)cc1Br. The Labute approximate surface area is 114 Å². The molecule has 1 aromatic carbocycles. The molecule has 3 nitrogen and oxygen atoms in total. The quantitative estimate of drug-likeness (QED) is 0.911. The maximum absolute atomic E-state index is 5.90. The summed E-state index contributed by atoms with van der Waals surface area (Å²) in [5, 5.41) is 3.99. The summed E-state index contributed by atoms with van der Waals surface area (Å²) in [6.45, 7) is 4.95. The molecule has 1 N–H and O–H groups in total. The van der Waals surface area contributed by atoms with Gasteiger partial charge in [-0.1, -0.05) is 11.6 Å². The van der Waals surface area contributed by atoms with Gasteiger partial charge in [0.05, 0.1) is 11.4 Å². The number of aromatic nitrogens is 2. The molecule has 0 radical (unpaired) electrons. The van der Waals surface area contributed by atoms with Crippen LogP contribution in [0.1, 0.15) is 12.6 Å². The fraction of sp³-hybridized carbons (Fsp3) is 0.250. The molecule has 0 unspecified atom stereocenters. The van der Waals surface area contributed by atoms with Crippen LogP contribution in [0.5, 0.6) is 0 Å². The average Bonchev–Trinajstić information content (AvgIpc) is 2.63. The second-order valence-electron chi connectivity index (χ2n) is 3.74. The molecule has 0 amide bonds. The van der Waals surface area contributed by atoms with Crippen molar-refractivity contribution in [2.24, 2.45) is 0 Å². The van der Waals surface area contributed by atoms with Gasteiger partial charge in [0.1, 0.15) is 0 Å². The molecule has 0 aliphatic rings. The topological polar surface area (TPSA) is 29.9 Å². The highest BCUT2D eigenvalue weighted by atomic mass is 79.9. The number of nitrogens with zero attached hydrogens (tertiary/aromatic N) is 2. The number of imidazole rings is 1. The molecular weight excluding hydrogens is 302 g/mol. The highest BCUT2D eigenvalue weighted by Gasteiger charge is 2.06. The van der Waals surface area contributed by atoms with E-state index in [4.69, 9.17) is 11.6 Å². The van der Waals surface area contributed by atoms with Gasteiger partial charge >= 0.3 is 0 Å². The Morgan fingerprint density at radius 1 is 1.47 bits per heavy atom. The van der Waals surface area contributed by atoms with Crippen LogP contribution in [0.15, 0.2) is 28.9 Å². The van der Waals surface area contributed by atoms with Crippen molar-refractivity contribution in [3.8, 4) is 0 Å². The lowest BCUT2D eigenvalue weighted by Gasteiger charge is -2.09. The summed E-state index contributed by atoms with van der Waals surface area (Å²) in [4.78, 5) is 4.44. The lowest BCUT2D eigenvalue weighted by molar-refractivity contribution is 0.771. The highest BCUT2D eigenvalue weighted by Crippen LogP contribution is 2.28. The largest absolute Gasteiger partial charge is 0.325 e. The number of anilines is 2. The number of nitrogens with one attached hydrogen (secondary N) is 1. The summed E-state index contributed by atoms with van der Waals surface area (Å²) in [5.41, 5.74) is 1.95. The standard InChI is InChI=1S/C12H13BrClN3/c1-3-17-7-8(2)15-12(17)16-11-5-4-9(14)6-10(11)13/h4-7H,3H2,1-2H3,(H,15,16). The van der Waals surface area contributed by atoms with E-state index in [0.717, 1.165) is 28.3 Å². The van der Waals surface area contributed by atoms with E-state index in [1.54, 1.807) is 0 Å².